The molecule has 0 aliphatic carbocycles. The number of hydrogen-bond acceptors (Lipinski definition) is 4. The number of hydrogen-bond donors (Lipinski definition) is 1. The molecule has 1 aliphatic rings. The predicted octanol–water partition coefficient (Wildman–Crippen LogP) is 3.72. The lowest BCUT2D eigenvalue weighted by Crippen LogP contribution is -2.38. The van der Waals surface area contributed by atoms with Gasteiger partial charge in [-0.15, -0.1) is 0 Å². The van der Waals surface area contributed by atoms with Crippen LogP contribution in [0.1, 0.15) is 40.5 Å². The van der Waals surface area contributed by atoms with Gasteiger partial charge in [-0.05, 0) is 43.0 Å². The Morgan fingerprint density at radius 1 is 1.07 bits per heavy atom. The van der Waals surface area contributed by atoms with Crippen molar-refractivity contribution < 1.29 is 14.5 Å². The van der Waals surface area contributed by atoms with Crippen molar-refractivity contribution in [1.29, 1.82) is 0 Å². The van der Waals surface area contributed by atoms with Crippen LogP contribution in [0.5, 0.6) is 0 Å². The minimum atomic E-state index is -0.519. The van der Waals surface area contributed by atoms with Gasteiger partial charge in [0.2, 0.25) is 0 Å². The first-order valence-corrected chi connectivity index (χ1v) is 8.90. The number of nitrogens with zero attached hydrogens (tertiary/aromatic N) is 2. The third kappa shape index (κ3) is 4.31. The zero-order valence-electron chi connectivity index (χ0n) is 15.1. The summed E-state index contributed by atoms with van der Waals surface area (Å²) < 4.78 is 0. The Bertz CT molecular complexity index is 856. The molecule has 2 aromatic carbocycles. The Morgan fingerprint density at radius 3 is 2.33 bits per heavy atom. The monoisotopic (exact) mass is 367 g/mol. The fourth-order valence-electron chi connectivity index (χ4n) is 3.09. The van der Waals surface area contributed by atoms with Gasteiger partial charge < -0.3 is 10.2 Å². The second-order valence-corrected chi connectivity index (χ2v) is 6.78. The number of rotatable bonds is 4. The van der Waals surface area contributed by atoms with E-state index in [-0.39, 0.29) is 17.2 Å². The van der Waals surface area contributed by atoms with E-state index in [2.05, 4.69) is 12.2 Å². The van der Waals surface area contributed by atoms with Gasteiger partial charge in [0.15, 0.2) is 0 Å². The maximum atomic E-state index is 12.9. The van der Waals surface area contributed by atoms with E-state index in [1.54, 1.807) is 24.3 Å². The number of non-ortho nitro benzene ring substituents is 1. The largest absolute Gasteiger partial charge is 0.339 e. The van der Waals surface area contributed by atoms with Gasteiger partial charge >= 0.3 is 0 Å². The number of para-hydroxylation sites is 1. The average Bonchev–Trinajstić information content (AvgIpc) is 2.68. The van der Waals surface area contributed by atoms with Gasteiger partial charge in [0.25, 0.3) is 17.5 Å². The molecule has 0 unspecified atom stereocenters. The topological polar surface area (TPSA) is 92.6 Å². The molecule has 0 atom stereocenters. The summed E-state index contributed by atoms with van der Waals surface area (Å²) in [5.74, 6) is 0.102. The number of nitro benzene ring substituents is 1. The number of nitrogens with one attached hydrogen (secondary N) is 1. The van der Waals surface area contributed by atoms with Crippen LogP contribution in [-0.2, 0) is 0 Å². The summed E-state index contributed by atoms with van der Waals surface area (Å²) in [6.45, 7) is 3.61. The van der Waals surface area contributed by atoms with Crippen molar-refractivity contribution in [1.82, 2.24) is 4.90 Å². The lowest BCUT2D eigenvalue weighted by atomic mass is 9.98. The highest BCUT2D eigenvalue weighted by Gasteiger charge is 2.23. The van der Waals surface area contributed by atoms with Crippen molar-refractivity contribution in [2.75, 3.05) is 18.4 Å². The number of benzene rings is 2. The van der Waals surface area contributed by atoms with E-state index < -0.39 is 10.8 Å². The molecule has 2 amide bonds. The van der Waals surface area contributed by atoms with Crippen molar-refractivity contribution in [3.63, 3.8) is 0 Å². The highest BCUT2D eigenvalue weighted by molar-refractivity contribution is 6.09. The van der Waals surface area contributed by atoms with Crippen molar-refractivity contribution in [3.8, 4) is 0 Å². The minimum Gasteiger partial charge on any atom is -0.339 e. The van der Waals surface area contributed by atoms with Crippen LogP contribution < -0.4 is 5.32 Å². The first-order chi connectivity index (χ1) is 13.0. The molecule has 3 rings (SSSR count). The molecule has 0 saturated carbocycles. The molecule has 1 aliphatic heterocycles. The van der Waals surface area contributed by atoms with E-state index in [1.807, 2.05) is 4.90 Å². The van der Waals surface area contributed by atoms with Crippen LogP contribution in [0.3, 0.4) is 0 Å². The molecule has 1 N–H and O–H groups in total. The van der Waals surface area contributed by atoms with Crippen molar-refractivity contribution in [2.24, 2.45) is 5.92 Å². The number of anilines is 1. The quantitative estimate of drug-likeness (QED) is 0.658. The molecule has 0 spiro atoms. The standard InChI is InChI=1S/C20H21N3O4/c1-14-10-12-22(13-11-14)20(25)17-4-2-3-5-18(17)21-19(24)15-6-8-16(9-7-15)23(26)27/h2-9,14H,10-13H2,1H3,(H,21,24). The van der Waals surface area contributed by atoms with Crippen LogP contribution in [-0.4, -0.2) is 34.7 Å². The third-order valence-electron chi connectivity index (χ3n) is 4.82. The Labute approximate surface area is 157 Å². The highest BCUT2D eigenvalue weighted by Crippen LogP contribution is 2.23. The van der Waals surface area contributed by atoms with E-state index in [4.69, 9.17) is 0 Å². The number of carbonyl (C=O) groups is 2. The molecular weight excluding hydrogens is 346 g/mol. The van der Waals surface area contributed by atoms with E-state index in [0.717, 1.165) is 12.8 Å². The molecule has 7 nitrogen and oxygen atoms in total. The van der Waals surface area contributed by atoms with Gasteiger partial charge in [-0.1, -0.05) is 19.1 Å². The fourth-order valence-corrected chi connectivity index (χ4v) is 3.09. The molecule has 7 heteroatoms. The minimum absolute atomic E-state index is 0.0820. The van der Waals surface area contributed by atoms with Gasteiger partial charge in [0, 0.05) is 30.8 Å². The molecule has 0 radical (unpaired) electrons. The van der Waals surface area contributed by atoms with Gasteiger partial charge in [-0.2, -0.15) is 0 Å². The van der Waals surface area contributed by atoms with Crippen LogP contribution >= 0.6 is 0 Å². The Morgan fingerprint density at radius 2 is 1.70 bits per heavy atom. The Kier molecular flexibility index (Phi) is 5.49. The van der Waals surface area contributed by atoms with Crippen molar-refractivity contribution >= 4 is 23.2 Å². The molecule has 2 aromatic rings. The highest BCUT2D eigenvalue weighted by atomic mass is 16.6. The lowest BCUT2D eigenvalue weighted by Gasteiger charge is -2.30. The first-order valence-electron chi connectivity index (χ1n) is 8.90. The summed E-state index contributed by atoms with van der Waals surface area (Å²) in [7, 11) is 0. The number of piperidine rings is 1. The predicted molar refractivity (Wildman–Crippen MR) is 102 cm³/mol. The molecule has 27 heavy (non-hydrogen) atoms. The van der Waals surface area contributed by atoms with Crippen molar-refractivity contribution in [2.45, 2.75) is 19.8 Å². The van der Waals surface area contributed by atoms with Crippen LogP contribution in [0.25, 0.3) is 0 Å². The number of carbonyl (C=O) groups excluding carboxylic acids is 2. The van der Waals surface area contributed by atoms with E-state index in [1.165, 1.54) is 24.3 Å². The van der Waals surface area contributed by atoms with Gasteiger partial charge in [0.1, 0.15) is 0 Å². The molecule has 0 bridgehead atoms. The van der Waals surface area contributed by atoms with Gasteiger partial charge in [0.05, 0.1) is 16.2 Å². The lowest BCUT2D eigenvalue weighted by molar-refractivity contribution is -0.384. The zero-order valence-corrected chi connectivity index (χ0v) is 15.1. The van der Waals surface area contributed by atoms with Gasteiger partial charge in [-0.25, -0.2) is 0 Å². The maximum Gasteiger partial charge on any atom is 0.269 e. The first kappa shape index (κ1) is 18.6. The Balaban J connectivity index is 1.76. The zero-order chi connectivity index (χ0) is 19.4. The number of likely N-dealkylation sites (tertiary alicyclic amines) is 1. The SMILES string of the molecule is CC1CCN(C(=O)c2ccccc2NC(=O)c2ccc([N+](=O)[O-])cc2)CC1. The molecule has 1 fully saturated rings. The van der Waals surface area contributed by atoms with E-state index in [9.17, 15) is 19.7 Å². The van der Waals surface area contributed by atoms with Crippen LogP contribution in [0.2, 0.25) is 0 Å². The van der Waals surface area contributed by atoms with E-state index in [0.29, 0.717) is 30.3 Å². The normalized spacial score (nSPS) is 14.6. The molecule has 140 valence electrons. The summed E-state index contributed by atoms with van der Waals surface area (Å²) in [4.78, 5) is 37.4. The summed E-state index contributed by atoms with van der Waals surface area (Å²) in [5, 5.41) is 13.5. The molecule has 0 aromatic heterocycles. The summed E-state index contributed by atoms with van der Waals surface area (Å²) in [5.41, 5.74) is 1.09. The number of nitro groups is 1. The van der Waals surface area contributed by atoms with Crippen LogP contribution in [0, 0.1) is 16.0 Å². The second-order valence-electron chi connectivity index (χ2n) is 6.78. The smallest absolute Gasteiger partial charge is 0.269 e. The van der Waals surface area contributed by atoms with Crippen LogP contribution in [0.15, 0.2) is 48.5 Å². The van der Waals surface area contributed by atoms with E-state index >= 15 is 0 Å². The van der Waals surface area contributed by atoms with Crippen molar-refractivity contribution in [3.05, 3.63) is 69.8 Å². The second kappa shape index (κ2) is 7.99. The summed E-state index contributed by atoms with van der Waals surface area (Å²) in [6.07, 6.45) is 1.95. The Hall–Kier alpha value is -3.22. The molecule has 1 heterocycles. The van der Waals surface area contributed by atoms with Gasteiger partial charge in [-0.3, -0.25) is 19.7 Å². The van der Waals surface area contributed by atoms with Crippen LogP contribution in [0.4, 0.5) is 11.4 Å². The summed E-state index contributed by atoms with van der Waals surface area (Å²) >= 11 is 0. The average molecular weight is 367 g/mol. The fraction of sp³-hybridized carbons (Fsp3) is 0.300. The summed E-state index contributed by atoms with van der Waals surface area (Å²) in [6, 6.07) is 12.2. The molecular formula is C20H21N3O4. The number of amides is 2. The molecule has 1 saturated heterocycles. The maximum absolute atomic E-state index is 12.9. The third-order valence-corrected chi connectivity index (χ3v) is 4.82.